The van der Waals surface area contributed by atoms with Gasteiger partial charge in [-0.3, -0.25) is 14.5 Å². The van der Waals surface area contributed by atoms with E-state index >= 15 is 0 Å². The molecule has 9 heteroatoms. The molecule has 5 nitrogen and oxygen atoms in total. The van der Waals surface area contributed by atoms with Crippen molar-refractivity contribution in [2.75, 3.05) is 12.4 Å². The molecule has 2 aromatic heterocycles. The number of rotatable bonds is 4. The Bertz CT molecular complexity index is 765. The molecule has 0 fully saturated rings. The molecule has 2 heterocycles. The van der Waals surface area contributed by atoms with E-state index in [9.17, 15) is 13.2 Å². The Kier molecular flexibility index (Phi) is 5.19. The summed E-state index contributed by atoms with van der Waals surface area (Å²) in [6.45, 7) is 4.04. The van der Waals surface area contributed by atoms with Crippen LogP contribution in [0.1, 0.15) is 11.3 Å². The third-order valence-electron chi connectivity index (χ3n) is 2.91. The molecule has 0 saturated carbocycles. The smallest absolute Gasteiger partial charge is 0.363 e. The van der Waals surface area contributed by atoms with Gasteiger partial charge in [0.15, 0.2) is 11.3 Å². The number of hydrogen-bond acceptors (Lipinski definition) is 4. The van der Waals surface area contributed by atoms with Gasteiger partial charge in [-0.15, -0.1) is 0 Å². The van der Waals surface area contributed by atoms with Crippen LogP contribution in [0.25, 0.3) is 4.61 Å². The lowest BCUT2D eigenvalue weighted by molar-refractivity contribution is -0.141. The fourth-order valence-corrected chi connectivity index (χ4v) is 2.12. The number of nitrogens with one attached hydrogen (secondary N) is 1. The number of aromatic nitrogens is 3. The molecule has 0 radical (unpaired) electrons. The highest BCUT2D eigenvalue weighted by Crippen LogP contribution is 2.27. The van der Waals surface area contributed by atoms with E-state index in [2.05, 4.69) is 42.8 Å². The lowest BCUT2D eigenvalue weighted by atomic mass is 10.2. The molecule has 0 aromatic carbocycles. The molecule has 23 heavy (non-hydrogen) atoms. The van der Waals surface area contributed by atoms with Gasteiger partial charge in [0, 0.05) is 32.2 Å². The lowest BCUT2D eigenvalue weighted by Gasteiger charge is -2.11. The van der Waals surface area contributed by atoms with E-state index in [0.717, 1.165) is 6.07 Å². The van der Waals surface area contributed by atoms with Crippen LogP contribution in [0.3, 0.4) is 0 Å². The van der Waals surface area contributed by atoms with E-state index in [4.69, 9.17) is 0 Å². The third-order valence-corrected chi connectivity index (χ3v) is 3.29. The van der Waals surface area contributed by atoms with Gasteiger partial charge in [0.1, 0.15) is 5.69 Å². The molecule has 0 bridgehead atoms. The van der Waals surface area contributed by atoms with Crippen LogP contribution in [0.15, 0.2) is 42.3 Å². The maximum atomic E-state index is 12.5. The van der Waals surface area contributed by atoms with Gasteiger partial charge in [0.2, 0.25) is 0 Å². The average Bonchev–Trinajstić information content (AvgIpc) is 2.51. The molecule has 0 amide bonds. The summed E-state index contributed by atoms with van der Waals surface area (Å²) in [6, 6.07) is 2.31. The second kappa shape index (κ2) is 6.95. The molecule has 0 aliphatic rings. The monoisotopic (exact) mass is 387 g/mol. The maximum absolute atomic E-state index is 12.5. The zero-order valence-electron chi connectivity index (χ0n) is 12.1. The highest BCUT2D eigenvalue weighted by Gasteiger charge is 2.31. The Morgan fingerprint density at radius 2 is 2.13 bits per heavy atom. The summed E-state index contributed by atoms with van der Waals surface area (Å²) in [6.07, 6.45) is -0.0132. The van der Waals surface area contributed by atoms with Crippen molar-refractivity contribution in [2.24, 2.45) is 4.99 Å². The van der Waals surface area contributed by atoms with Gasteiger partial charge in [0.05, 0.1) is 4.61 Å². The summed E-state index contributed by atoms with van der Waals surface area (Å²) in [5.74, 6) is 0.482. The summed E-state index contributed by atoms with van der Waals surface area (Å²) >= 11 is 3.27. The minimum atomic E-state index is -4.44. The van der Waals surface area contributed by atoms with Gasteiger partial charge in [-0.1, -0.05) is 12.6 Å². The van der Waals surface area contributed by atoms with Gasteiger partial charge in [-0.05, 0) is 27.6 Å². The Hall–Kier alpha value is -2.16. The second-order valence-corrected chi connectivity index (χ2v) is 5.39. The molecule has 0 spiro atoms. The molecule has 122 valence electrons. The van der Waals surface area contributed by atoms with E-state index in [1.165, 1.54) is 12.3 Å². The fraction of sp³-hybridized carbons (Fsp3) is 0.214. The number of nitrogens with zero attached hydrogens (tertiary/aromatic N) is 4. The maximum Gasteiger partial charge on any atom is 0.433 e. The standard InChI is InChI=1S/C14H13BrF3N5/c1-9(15)23-6-5-20-12(13(23)19-2)22-8-10-3-4-11(21-7-10)14(16,17)18/h3-7H,1,8H2,2H3,(H,20,22). The Balaban J connectivity index is 2.19. The summed E-state index contributed by atoms with van der Waals surface area (Å²) in [5.41, 5.74) is 0.209. The number of hydrogen-bond donors (Lipinski definition) is 1. The van der Waals surface area contributed by atoms with Gasteiger partial charge in [-0.2, -0.15) is 13.2 Å². The van der Waals surface area contributed by atoms with Crippen molar-refractivity contribution in [3.05, 3.63) is 54.0 Å². The molecule has 0 saturated heterocycles. The van der Waals surface area contributed by atoms with Crippen LogP contribution < -0.4 is 10.8 Å². The van der Waals surface area contributed by atoms with E-state index < -0.39 is 11.9 Å². The highest BCUT2D eigenvalue weighted by molar-refractivity contribution is 9.14. The zero-order chi connectivity index (χ0) is 17.0. The number of anilines is 1. The van der Waals surface area contributed by atoms with Crippen LogP contribution in [0, 0.1) is 0 Å². The summed E-state index contributed by atoms with van der Waals surface area (Å²) in [5, 5.41) is 3.03. The average molecular weight is 388 g/mol. The van der Waals surface area contributed by atoms with Crippen molar-refractivity contribution in [3.63, 3.8) is 0 Å². The lowest BCUT2D eigenvalue weighted by Crippen LogP contribution is -2.24. The van der Waals surface area contributed by atoms with Crippen LogP contribution >= 0.6 is 15.9 Å². The first kappa shape index (κ1) is 17.2. The third kappa shape index (κ3) is 4.19. The largest absolute Gasteiger partial charge is 0.433 e. The van der Waals surface area contributed by atoms with Gasteiger partial charge in [-0.25, -0.2) is 4.98 Å². The van der Waals surface area contributed by atoms with Crippen molar-refractivity contribution in [1.29, 1.82) is 0 Å². The summed E-state index contributed by atoms with van der Waals surface area (Å²) in [7, 11) is 1.61. The van der Waals surface area contributed by atoms with Crippen LogP contribution in [0.2, 0.25) is 0 Å². The van der Waals surface area contributed by atoms with Crippen LogP contribution in [0.4, 0.5) is 19.0 Å². The number of halogens is 4. The molecule has 0 atom stereocenters. The molecule has 0 aliphatic carbocycles. The first-order chi connectivity index (χ1) is 10.8. The van der Waals surface area contributed by atoms with Crippen molar-refractivity contribution in [2.45, 2.75) is 12.7 Å². The summed E-state index contributed by atoms with van der Waals surface area (Å²) in [4.78, 5) is 11.7. The Morgan fingerprint density at radius 1 is 1.39 bits per heavy atom. The number of alkyl halides is 3. The minimum Gasteiger partial charge on any atom is -0.363 e. The molecule has 2 rings (SSSR count). The zero-order valence-corrected chi connectivity index (χ0v) is 13.7. The Labute approximate surface area is 138 Å². The van der Waals surface area contributed by atoms with E-state index in [1.807, 2.05) is 0 Å². The van der Waals surface area contributed by atoms with Crippen molar-refractivity contribution < 1.29 is 13.2 Å². The van der Waals surface area contributed by atoms with Crippen molar-refractivity contribution in [3.8, 4) is 0 Å². The quantitative estimate of drug-likeness (QED) is 0.875. The van der Waals surface area contributed by atoms with Crippen LogP contribution in [-0.4, -0.2) is 21.6 Å². The predicted molar refractivity (Wildman–Crippen MR) is 84.5 cm³/mol. The molecule has 2 aromatic rings. The highest BCUT2D eigenvalue weighted by atomic mass is 79.9. The van der Waals surface area contributed by atoms with E-state index in [-0.39, 0.29) is 6.54 Å². The van der Waals surface area contributed by atoms with Crippen molar-refractivity contribution >= 4 is 26.4 Å². The molecule has 1 N–H and O–H groups in total. The normalized spacial score (nSPS) is 12.3. The predicted octanol–water partition coefficient (Wildman–Crippen LogP) is 3.26. The second-order valence-electron chi connectivity index (χ2n) is 4.47. The summed E-state index contributed by atoms with van der Waals surface area (Å²) < 4.78 is 39.7. The minimum absolute atomic E-state index is 0.263. The van der Waals surface area contributed by atoms with Gasteiger partial charge in [0.25, 0.3) is 0 Å². The molecular weight excluding hydrogens is 375 g/mol. The number of pyridine rings is 1. The first-order valence-corrected chi connectivity index (χ1v) is 7.23. The fourth-order valence-electron chi connectivity index (χ4n) is 1.83. The van der Waals surface area contributed by atoms with Crippen LogP contribution in [0.5, 0.6) is 0 Å². The molecular formula is C14H13BrF3N5. The van der Waals surface area contributed by atoms with Crippen molar-refractivity contribution in [1.82, 2.24) is 14.5 Å². The van der Waals surface area contributed by atoms with Crippen LogP contribution in [-0.2, 0) is 12.7 Å². The SMILES string of the molecule is C=C(Br)n1ccnc(NCc2ccc(C(F)(F)F)nc2)c1=NC. The van der Waals surface area contributed by atoms with Gasteiger partial charge < -0.3 is 5.32 Å². The first-order valence-electron chi connectivity index (χ1n) is 6.44. The molecule has 0 unspecified atom stereocenters. The topological polar surface area (TPSA) is 55.1 Å². The van der Waals surface area contributed by atoms with E-state index in [1.54, 1.807) is 24.0 Å². The van der Waals surface area contributed by atoms with Gasteiger partial charge >= 0.3 is 6.18 Å². The Morgan fingerprint density at radius 3 is 2.65 bits per heavy atom. The van der Waals surface area contributed by atoms with E-state index in [0.29, 0.717) is 21.5 Å². The molecule has 0 aliphatic heterocycles.